The van der Waals surface area contributed by atoms with Crippen molar-refractivity contribution in [1.82, 2.24) is 0 Å². The quantitative estimate of drug-likeness (QED) is 0.147. The van der Waals surface area contributed by atoms with E-state index in [1.165, 1.54) is 120 Å². The third kappa shape index (κ3) is 6.57. The fraction of sp³-hybridized carbons (Fsp3) is 0.0541. The number of thiophene rings is 1. The molecule has 15 rings (SSSR count). The van der Waals surface area contributed by atoms with E-state index < -0.39 is 5.41 Å². The summed E-state index contributed by atoms with van der Waals surface area (Å²) < 4.78 is 2.67. The molecule has 0 fully saturated rings. The van der Waals surface area contributed by atoms with E-state index in [4.69, 9.17) is 0 Å². The second-order valence-electron chi connectivity index (χ2n) is 21.1. The van der Waals surface area contributed by atoms with Gasteiger partial charge in [0.2, 0.25) is 0 Å². The zero-order chi connectivity index (χ0) is 50.5. The smallest absolute Gasteiger partial charge is 0.0713 e. The second kappa shape index (κ2) is 17.2. The first-order valence-electron chi connectivity index (χ1n) is 26.5. The van der Waals surface area contributed by atoms with Gasteiger partial charge in [0.15, 0.2) is 0 Å². The Balaban J connectivity index is 0.856. The molecule has 0 bridgehead atoms. The van der Waals surface area contributed by atoms with Crippen LogP contribution in [0, 0.1) is 0 Å². The zero-order valence-electron chi connectivity index (χ0n) is 42.3. The van der Waals surface area contributed by atoms with Crippen molar-refractivity contribution in [3.8, 4) is 55.6 Å². The van der Waals surface area contributed by atoms with Gasteiger partial charge in [0, 0.05) is 42.6 Å². The van der Waals surface area contributed by atoms with Crippen LogP contribution in [0.3, 0.4) is 0 Å². The molecule has 1 heterocycles. The Morgan fingerprint density at radius 1 is 0.289 bits per heavy atom. The lowest BCUT2D eigenvalue weighted by atomic mass is 9.67. The van der Waals surface area contributed by atoms with Gasteiger partial charge in [-0.2, -0.15) is 0 Å². The Morgan fingerprint density at radius 3 is 1.33 bits per heavy atom. The summed E-state index contributed by atoms with van der Waals surface area (Å²) in [6.45, 7) is 4.71. The van der Waals surface area contributed by atoms with Gasteiger partial charge in [-0.25, -0.2) is 0 Å². The first-order chi connectivity index (χ1) is 37.5. The molecule has 13 aromatic rings. The molecule has 1 aromatic heterocycles. The molecule has 0 radical (unpaired) electrons. The van der Waals surface area contributed by atoms with Gasteiger partial charge in [-0.15, -0.1) is 11.3 Å². The van der Waals surface area contributed by atoms with Crippen LogP contribution >= 0.6 is 11.3 Å². The minimum atomic E-state index is -0.462. The van der Waals surface area contributed by atoms with Crippen LogP contribution in [0.25, 0.3) is 86.6 Å². The van der Waals surface area contributed by atoms with Crippen LogP contribution in [0.2, 0.25) is 0 Å². The first kappa shape index (κ1) is 44.4. The normalized spacial score (nSPS) is 13.6. The van der Waals surface area contributed by atoms with Gasteiger partial charge in [0.25, 0.3) is 0 Å². The summed E-state index contributed by atoms with van der Waals surface area (Å²) >= 11 is 1.91. The van der Waals surface area contributed by atoms with Gasteiger partial charge >= 0.3 is 0 Å². The maximum atomic E-state index is 2.41. The molecule has 2 heteroatoms. The Morgan fingerprint density at radius 2 is 0.711 bits per heavy atom. The van der Waals surface area contributed by atoms with E-state index in [-0.39, 0.29) is 5.41 Å². The Bertz CT molecular complexity index is 4350. The topological polar surface area (TPSA) is 3.24 Å². The minimum absolute atomic E-state index is 0.0655. The van der Waals surface area contributed by atoms with Crippen LogP contribution in [0.5, 0.6) is 0 Å². The summed E-state index contributed by atoms with van der Waals surface area (Å²) in [4.78, 5) is 2.41. The van der Waals surface area contributed by atoms with E-state index in [0.717, 1.165) is 17.1 Å². The second-order valence-corrected chi connectivity index (χ2v) is 22.1. The predicted molar refractivity (Wildman–Crippen MR) is 323 cm³/mol. The van der Waals surface area contributed by atoms with Gasteiger partial charge in [0.05, 0.1) is 5.41 Å². The summed E-state index contributed by atoms with van der Waals surface area (Å²) in [5.74, 6) is 0. The molecule has 0 unspecified atom stereocenters. The molecule has 0 saturated heterocycles. The summed E-state index contributed by atoms with van der Waals surface area (Å²) in [5, 5.41) is 5.22. The molecule has 2 aliphatic rings. The van der Waals surface area contributed by atoms with E-state index in [1.807, 2.05) is 11.3 Å². The van der Waals surface area contributed by atoms with Gasteiger partial charge in [-0.1, -0.05) is 250 Å². The number of hydrogen-bond donors (Lipinski definition) is 0. The molecule has 0 spiro atoms. The fourth-order valence-corrected chi connectivity index (χ4v) is 14.7. The highest BCUT2D eigenvalue weighted by molar-refractivity contribution is 7.27. The van der Waals surface area contributed by atoms with E-state index in [9.17, 15) is 0 Å². The van der Waals surface area contributed by atoms with Crippen LogP contribution in [0.1, 0.15) is 47.2 Å². The first-order valence-corrected chi connectivity index (χ1v) is 27.3. The number of benzene rings is 12. The van der Waals surface area contributed by atoms with Crippen LogP contribution in [0.15, 0.2) is 273 Å². The SMILES string of the molecule is CC1(C)c2ccccc2-c2c(-c3ccc(N(c4ccc(-c5cccc6c5-c5ccccc5C6(c5ccccc5)c5ccccc5)cc4)c4ccc(-c5cccc6c5sc5c7ccccc7ccc65)cc4)cc3)cccc21. The highest BCUT2D eigenvalue weighted by atomic mass is 32.1. The molecule has 0 aliphatic heterocycles. The molecule has 76 heavy (non-hydrogen) atoms. The van der Waals surface area contributed by atoms with Crippen molar-refractivity contribution >= 4 is 59.3 Å². The Hall–Kier alpha value is -9.08. The zero-order valence-corrected chi connectivity index (χ0v) is 43.2. The number of hydrogen-bond acceptors (Lipinski definition) is 2. The molecule has 2 aliphatic carbocycles. The lowest BCUT2D eigenvalue weighted by molar-refractivity contribution is 0.660. The highest BCUT2D eigenvalue weighted by Gasteiger charge is 2.47. The van der Waals surface area contributed by atoms with Crippen molar-refractivity contribution in [2.75, 3.05) is 4.90 Å². The van der Waals surface area contributed by atoms with Crippen LogP contribution in [-0.4, -0.2) is 0 Å². The van der Waals surface area contributed by atoms with Gasteiger partial charge < -0.3 is 4.90 Å². The summed E-state index contributed by atoms with van der Waals surface area (Å²) in [7, 11) is 0. The summed E-state index contributed by atoms with van der Waals surface area (Å²) in [6, 6.07) is 102. The molecule has 0 saturated carbocycles. The third-order valence-electron chi connectivity index (χ3n) is 16.8. The van der Waals surface area contributed by atoms with Gasteiger partial charge in [-0.3, -0.25) is 0 Å². The van der Waals surface area contributed by atoms with Gasteiger partial charge in [0.1, 0.15) is 0 Å². The number of fused-ring (bicyclic) bond motifs is 11. The maximum Gasteiger partial charge on any atom is 0.0713 e. The van der Waals surface area contributed by atoms with E-state index in [2.05, 4.69) is 292 Å². The highest BCUT2D eigenvalue weighted by Crippen LogP contribution is 2.59. The predicted octanol–water partition coefficient (Wildman–Crippen LogP) is 20.3. The average molecular weight is 986 g/mol. The standard InChI is InChI=1S/C74H51NS/c1-73(2)65-30-13-11-24-63(65)69-57(26-16-32-67(69)73)49-34-41-54(42-35-49)75(56-45-38-51(39-46-56)60-28-15-29-61-62-47-40-48-18-9-10-23-59(48)72(62)76-71(60)61)55-43-36-50(37-44-55)58-27-17-33-68-70(58)64-25-12-14-31-66(64)74(68,52-19-5-3-6-20-52)53-21-7-4-8-22-53/h3-47H,1-2H3. The average Bonchev–Trinajstić information content (AvgIpc) is 4.11. The van der Waals surface area contributed by atoms with Crippen molar-refractivity contribution < 1.29 is 0 Å². The van der Waals surface area contributed by atoms with Crippen LogP contribution in [0.4, 0.5) is 17.1 Å². The van der Waals surface area contributed by atoms with Crippen molar-refractivity contribution in [2.24, 2.45) is 0 Å². The molecule has 358 valence electrons. The fourth-order valence-electron chi connectivity index (χ4n) is 13.3. The number of anilines is 3. The molecule has 0 N–H and O–H groups in total. The molecule has 0 amide bonds. The van der Waals surface area contributed by atoms with Crippen molar-refractivity contribution in [3.05, 3.63) is 306 Å². The third-order valence-corrected chi connectivity index (χ3v) is 18.1. The summed E-state index contributed by atoms with van der Waals surface area (Å²) in [5.41, 5.74) is 23.3. The molecule has 0 atom stereocenters. The Labute approximate surface area is 448 Å². The molecular weight excluding hydrogens is 935 g/mol. The van der Waals surface area contributed by atoms with E-state index in [1.54, 1.807) is 0 Å². The molecule has 1 nitrogen and oxygen atoms in total. The van der Waals surface area contributed by atoms with E-state index in [0.29, 0.717) is 0 Å². The van der Waals surface area contributed by atoms with Crippen molar-refractivity contribution in [3.63, 3.8) is 0 Å². The van der Waals surface area contributed by atoms with Gasteiger partial charge in [-0.05, 0) is 136 Å². The van der Waals surface area contributed by atoms with Crippen molar-refractivity contribution in [2.45, 2.75) is 24.7 Å². The molecular formula is C74H51NS. The largest absolute Gasteiger partial charge is 0.311 e. The van der Waals surface area contributed by atoms with Crippen molar-refractivity contribution in [1.29, 1.82) is 0 Å². The lowest BCUT2D eigenvalue weighted by Crippen LogP contribution is -2.28. The number of nitrogens with zero attached hydrogens (tertiary/aromatic N) is 1. The number of rotatable bonds is 8. The molecule has 12 aromatic carbocycles. The summed E-state index contributed by atoms with van der Waals surface area (Å²) in [6.07, 6.45) is 0. The lowest BCUT2D eigenvalue weighted by Gasteiger charge is -2.34. The maximum absolute atomic E-state index is 2.41. The monoisotopic (exact) mass is 985 g/mol. The Kier molecular flexibility index (Phi) is 10.1. The van der Waals surface area contributed by atoms with E-state index >= 15 is 0 Å². The van der Waals surface area contributed by atoms with Crippen LogP contribution in [-0.2, 0) is 10.8 Å². The van der Waals surface area contributed by atoms with Crippen LogP contribution < -0.4 is 4.90 Å². The minimum Gasteiger partial charge on any atom is -0.311 e.